The van der Waals surface area contributed by atoms with Crippen LogP contribution in [0.1, 0.15) is 46.9 Å². The Morgan fingerprint density at radius 1 is 1.16 bits per heavy atom. The molecule has 0 amide bonds. The van der Waals surface area contributed by atoms with Crippen molar-refractivity contribution in [2.24, 2.45) is 0 Å². The molecule has 0 heterocycles. The van der Waals surface area contributed by atoms with Crippen LogP contribution in [0.15, 0.2) is 47.4 Å². The molecule has 0 saturated carbocycles. The second-order valence-corrected chi connectivity index (χ2v) is 7.59. The molecule has 0 bridgehead atoms. The van der Waals surface area contributed by atoms with Gasteiger partial charge in [-0.15, -0.1) is 0 Å². The fourth-order valence-corrected chi connectivity index (χ4v) is 4.04. The SMILES string of the molecule is CCc1ccc(C(C)NS(=O)(=O)c2cc(C(=O)OC)ccc2C)cc1. The van der Waals surface area contributed by atoms with E-state index in [1.165, 1.54) is 18.7 Å². The lowest BCUT2D eigenvalue weighted by atomic mass is 10.1. The first-order chi connectivity index (χ1) is 11.8. The molecule has 0 radical (unpaired) electrons. The zero-order valence-corrected chi connectivity index (χ0v) is 15.7. The zero-order valence-electron chi connectivity index (χ0n) is 14.9. The van der Waals surface area contributed by atoms with Crippen molar-refractivity contribution < 1.29 is 17.9 Å². The molecule has 0 saturated heterocycles. The second-order valence-electron chi connectivity index (χ2n) is 5.91. The summed E-state index contributed by atoms with van der Waals surface area (Å²) in [5, 5.41) is 0. The quantitative estimate of drug-likeness (QED) is 0.801. The number of methoxy groups -OCH3 is 1. The van der Waals surface area contributed by atoms with Crippen LogP contribution in [0, 0.1) is 6.92 Å². The summed E-state index contributed by atoms with van der Waals surface area (Å²) >= 11 is 0. The number of sulfonamides is 1. The average molecular weight is 361 g/mol. The number of carbonyl (C=O) groups excluding carboxylic acids is 1. The van der Waals surface area contributed by atoms with E-state index in [0.29, 0.717) is 5.56 Å². The van der Waals surface area contributed by atoms with E-state index >= 15 is 0 Å². The van der Waals surface area contributed by atoms with Gasteiger partial charge in [-0.05, 0) is 49.1 Å². The van der Waals surface area contributed by atoms with E-state index in [4.69, 9.17) is 0 Å². The first-order valence-electron chi connectivity index (χ1n) is 8.08. The summed E-state index contributed by atoms with van der Waals surface area (Å²) in [7, 11) is -2.52. The lowest BCUT2D eigenvalue weighted by Crippen LogP contribution is -2.27. The van der Waals surface area contributed by atoms with E-state index in [1.54, 1.807) is 26.0 Å². The van der Waals surface area contributed by atoms with Crippen LogP contribution in [0.3, 0.4) is 0 Å². The highest BCUT2D eigenvalue weighted by Crippen LogP contribution is 2.21. The van der Waals surface area contributed by atoms with Gasteiger partial charge < -0.3 is 4.74 Å². The minimum absolute atomic E-state index is 0.0763. The predicted molar refractivity (Wildman–Crippen MR) is 97.1 cm³/mol. The lowest BCUT2D eigenvalue weighted by Gasteiger charge is -2.16. The van der Waals surface area contributed by atoms with Crippen molar-refractivity contribution in [3.63, 3.8) is 0 Å². The van der Waals surface area contributed by atoms with Crippen LogP contribution in [0.25, 0.3) is 0 Å². The lowest BCUT2D eigenvalue weighted by molar-refractivity contribution is 0.0600. The standard InChI is InChI=1S/C19H23NO4S/c1-5-15-7-10-16(11-8-15)14(3)20-25(22,23)18-12-17(19(21)24-4)9-6-13(18)2/h6-12,14,20H,5H2,1-4H3. The monoisotopic (exact) mass is 361 g/mol. The normalized spacial score (nSPS) is 12.6. The van der Waals surface area contributed by atoms with Crippen LogP contribution in [0.2, 0.25) is 0 Å². The third-order valence-corrected chi connectivity index (χ3v) is 5.80. The smallest absolute Gasteiger partial charge is 0.337 e. The number of aryl methyl sites for hydroxylation is 2. The van der Waals surface area contributed by atoms with Gasteiger partial charge in [0, 0.05) is 6.04 Å². The maximum absolute atomic E-state index is 12.8. The Kier molecular flexibility index (Phi) is 5.98. The van der Waals surface area contributed by atoms with Crippen LogP contribution >= 0.6 is 0 Å². The van der Waals surface area contributed by atoms with Gasteiger partial charge in [-0.25, -0.2) is 17.9 Å². The van der Waals surface area contributed by atoms with Gasteiger partial charge in [0.15, 0.2) is 0 Å². The molecule has 25 heavy (non-hydrogen) atoms. The largest absolute Gasteiger partial charge is 0.465 e. The molecule has 1 atom stereocenters. The molecule has 0 aliphatic rings. The van der Waals surface area contributed by atoms with Crippen LogP contribution in [-0.4, -0.2) is 21.5 Å². The zero-order chi connectivity index (χ0) is 18.6. The van der Waals surface area contributed by atoms with Crippen LogP contribution in [-0.2, 0) is 21.2 Å². The molecule has 0 spiro atoms. The molecule has 134 valence electrons. The van der Waals surface area contributed by atoms with Gasteiger partial charge in [-0.2, -0.15) is 0 Å². The molecule has 2 aromatic rings. The molecule has 0 aliphatic heterocycles. The maximum Gasteiger partial charge on any atom is 0.337 e. The van der Waals surface area contributed by atoms with Crippen molar-refractivity contribution in [3.05, 3.63) is 64.7 Å². The van der Waals surface area contributed by atoms with Crippen molar-refractivity contribution in [2.45, 2.75) is 38.1 Å². The van der Waals surface area contributed by atoms with Crippen LogP contribution in [0.4, 0.5) is 0 Å². The molecule has 5 nitrogen and oxygen atoms in total. The van der Waals surface area contributed by atoms with E-state index in [9.17, 15) is 13.2 Å². The molecule has 2 rings (SSSR count). The number of rotatable bonds is 6. The maximum atomic E-state index is 12.8. The van der Waals surface area contributed by atoms with Crippen LogP contribution in [0.5, 0.6) is 0 Å². The van der Waals surface area contributed by atoms with Crippen molar-refractivity contribution in [2.75, 3.05) is 7.11 Å². The summed E-state index contributed by atoms with van der Waals surface area (Å²) in [6, 6.07) is 11.9. The molecular weight excluding hydrogens is 338 g/mol. The predicted octanol–water partition coefficient (Wildman–Crippen LogP) is 3.38. The summed E-state index contributed by atoms with van der Waals surface area (Å²) in [6.07, 6.45) is 0.930. The van der Waals surface area contributed by atoms with Crippen molar-refractivity contribution in [1.82, 2.24) is 4.72 Å². The Balaban J connectivity index is 2.30. The summed E-state index contributed by atoms with van der Waals surface area (Å²) < 4.78 is 32.9. The molecule has 0 aromatic heterocycles. The van der Waals surface area contributed by atoms with Crippen molar-refractivity contribution >= 4 is 16.0 Å². The van der Waals surface area contributed by atoms with Gasteiger partial charge in [0.1, 0.15) is 0 Å². The molecule has 1 N–H and O–H groups in total. The molecule has 1 unspecified atom stereocenters. The van der Waals surface area contributed by atoms with Crippen LogP contribution < -0.4 is 4.72 Å². The molecule has 6 heteroatoms. The molecular formula is C19H23NO4S. The van der Waals surface area contributed by atoms with Gasteiger partial charge in [0.25, 0.3) is 0 Å². The van der Waals surface area contributed by atoms with E-state index in [-0.39, 0.29) is 10.5 Å². The number of hydrogen-bond acceptors (Lipinski definition) is 4. The Bertz CT molecular complexity index is 857. The number of benzene rings is 2. The summed E-state index contributed by atoms with van der Waals surface area (Å²) in [4.78, 5) is 11.7. The highest BCUT2D eigenvalue weighted by atomic mass is 32.2. The Morgan fingerprint density at radius 2 is 1.80 bits per heavy atom. The van der Waals surface area contributed by atoms with Crippen molar-refractivity contribution in [1.29, 1.82) is 0 Å². The van der Waals surface area contributed by atoms with E-state index in [2.05, 4.69) is 16.4 Å². The Hall–Kier alpha value is -2.18. The topological polar surface area (TPSA) is 72.5 Å². The minimum atomic E-state index is -3.78. The number of nitrogens with one attached hydrogen (secondary N) is 1. The third kappa shape index (κ3) is 4.46. The van der Waals surface area contributed by atoms with E-state index in [1.807, 2.05) is 24.3 Å². The van der Waals surface area contributed by atoms with Gasteiger partial charge >= 0.3 is 5.97 Å². The number of carbonyl (C=O) groups is 1. The minimum Gasteiger partial charge on any atom is -0.465 e. The van der Waals surface area contributed by atoms with E-state index in [0.717, 1.165) is 12.0 Å². The highest BCUT2D eigenvalue weighted by molar-refractivity contribution is 7.89. The first kappa shape index (κ1) is 19.1. The number of ether oxygens (including phenoxy) is 1. The van der Waals surface area contributed by atoms with Gasteiger partial charge in [0.2, 0.25) is 10.0 Å². The summed E-state index contributed by atoms with van der Waals surface area (Å²) in [6.45, 7) is 5.55. The number of esters is 1. The number of hydrogen-bond donors (Lipinski definition) is 1. The average Bonchev–Trinajstić information content (AvgIpc) is 2.61. The van der Waals surface area contributed by atoms with Gasteiger partial charge in [0.05, 0.1) is 17.6 Å². The molecule has 0 aliphatic carbocycles. The fraction of sp³-hybridized carbons (Fsp3) is 0.316. The van der Waals surface area contributed by atoms with Crippen molar-refractivity contribution in [3.8, 4) is 0 Å². The summed E-state index contributed by atoms with van der Waals surface area (Å²) in [5.41, 5.74) is 2.84. The Morgan fingerprint density at radius 3 is 2.36 bits per heavy atom. The first-order valence-corrected chi connectivity index (χ1v) is 9.57. The Labute approximate surface area is 149 Å². The van der Waals surface area contributed by atoms with Gasteiger partial charge in [-0.3, -0.25) is 0 Å². The second kappa shape index (κ2) is 7.80. The molecule has 2 aromatic carbocycles. The van der Waals surface area contributed by atoms with E-state index < -0.39 is 22.0 Å². The molecule has 0 fully saturated rings. The summed E-state index contributed by atoms with van der Waals surface area (Å²) in [5.74, 6) is -0.570. The highest BCUT2D eigenvalue weighted by Gasteiger charge is 2.22. The van der Waals surface area contributed by atoms with Gasteiger partial charge in [-0.1, -0.05) is 37.3 Å². The fourth-order valence-electron chi connectivity index (χ4n) is 2.54. The third-order valence-electron chi connectivity index (χ3n) is 4.12.